The van der Waals surface area contributed by atoms with Crippen LogP contribution < -0.4 is 6.15 Å². The molecule has 1 nitrogen and oxygen atoms in total. The molecule has 0 aliphatic heterocycles. The number of rotatable bonds is 5. The molecule has 0 fully saturated rings. The Hall–Kier alpha value is -0.300. The predicted octanol–water partition coefficient (Wildman–Crippen LogP) is 3.55. The van der Waals surface area contributed by atoms with Gasteiger partial charge in [0, 0.05) is 0 Å². The molecule has 1 heteroatoms. The molecule has 0 aromatic carbocycles. The van der Waals surface area contributed by atoms with Crippen LogP contribution in [0, 0.1) is 5.92 Å². The zero-order valence-electron chi connectivity index (χ0n) is 7.40. The highest BCUT2D eigenvalue weighted by Gasteiger charge is 1.91. The highest BCUT2D eigenvalue weighted by Crippen LogP contribution is 2.07. The molecule has 0 heterocycles. The van der Waals surface area contributed by atoms with Gasteiger partial charge in [0.05, 0.1) is 0 Å². The van der Waals surface area contributed by atoms with E-state index in [0.717, 1.165) is 5.92 Å². The van der Waals surface area contributed by atoms with E-state index in [2.05, 4.69) is 20.4 Å². The molecule has 62 valence electrons. The highest BCUT2D eigenvalue weighted by atomic mass is 14.0. The summed E-state index contributed by atoms with van der Waals surface area (Å²) in [5.74, 6) is 0.870. The monoisotopic (exact) mass is 143 g/mol. The molecule has 0 spiro atoms. The van der Waals surface area contributed by atoms with Crippen LogP contribution in [0.4, 0.5) is 0 Å². The average Bonchev–Trinajstić information content (AvgIpc) is 1.80. The van der Waals surface area contributed by atoms with E-state index in [1.54, 1.807) is 0 Å². The Bertz CT molecular complexity index is 67.1. The van der Waals surface area contributed by atoms with Gasteiger partial charge in [0.2, 0.25) is 0 Å². The van der Waals surface area contributed by atoms with Crippen LogP contribution in [-0.4, -0.2) is 0 Å². The van der Waals surface area contributed by atoms with Gasteiger partial charge in [0.1, 0.15) is 0 Å². The van der Waals surface area contributed by atoms with Crippen LogP contribution in [0.5, 0.6) is 0 Å². The predicted molar refractivity (Wildman–Crippen MR) is 48.5 cm³/mol. The number of allylic oxidation sites excluding steroid dienone is 1. The fourth-order valence-electron chi connectivity index (χ4n) is 0.841. The van der Waals surface area contributed by atoms with Crippen LogP contribution in [-0.2, 0) is 0 Å². The fourth-order valence-corrected chi connectivity index (χ4v) is 0.841. The molecule has 0 aliphatic rings. The van der Waals surface area contributed by atoms with Gasteiger partial charge in [0.15, 0.2) is 0 Å². The minimum atomic E-state index is 0. The Morgan fingerprint density at radius 3 is 2.30 bits per heavy atom. The standard InChI is InChI=1S/C9H18.H3N/c1-4-5-6-7-8-9(2)3;/h4,9H,1,5-8H2,2-3H3;1H3. The van der Waals surface area contributed by atoms with Crippen molar-refractivity contribution < 1.29 is 0 Å². The Balaban J connectivity index is 0. The Kier molecular flexibility index (Phi) is 10.8. The van der Waals surface area contributed by atoms with Crippen molar-refractivity contribution in [1.82, 2.24) is 6.15 Å². The maximum absolute atomic E-state index is 3.68. The van der Waals surface area contributed by atoms with Gasteiger partial charge >= 0.3 is 0 Å². The van der Waals surface area contributed by atoms with Crippen molar-refractivity contribution in [3.63, 3.8) is 0 Å². The van der Waals surface area contributed by atoms with E-state index >= 15 is 0 Å². The van der Waals surface area contributed by atoms with Crippen molar-refractivity contribution in [1.29, 1.82) is 0 Å². The van der Waals surface area contributed by atoms with Crippen LogP contribution >= 0.6 is 0 Å². The van der Waals surface area contributed by atoms with E-state index in [1.165, 1.54) is 25.7 Å². The molecule has 0 atom stereocenters. The second-order valence-corrected chi connectivity index (χ2v) is 2.97. The third kappa shape index (κ3) is 10.6. The maximum atomic E-state index is 3.68. The second kappa shape index (κ2) is 8.70. The molecule has 0 radical (unpaired) electrons. The van der Waals surface area contributed by atoms with E-state index in [1.807, 2.05) is 6.08 Å². The van der Waals surface area contributed by atoms with Crippen LogP contribution in [0.3, 0.4) is 0 Å². The number of unbranched alkanes of at least 4 members (excludes halogenated alkanes) is 2. The van der Waals surface area contributed by atoms with Crippen molar-refractivity contribution in [2.45, 2.75) is 39.5 Å². The summed E-state index contributed by atoms with van der Waals surface area (Å²) in [6.45, 7) is 8.22. The van der Waals surface area contributed by atoms with E-state index < -0.39 is 0 Å². The fraction of sp³-hybridized carbons (Fsp3) is 0.778. The van der Waals surface area contributed by atoms with Crippen molar-refractivity contribution >= 4 is 0 Å². The molecule has 0 aliphatic carbocycles. The van der Waals surface area contributed by atoms with Crippen LogP contribution in [0.2, 0.25) is 0 Å². The first-order valence-corrected chi connectivity index (χ1v) is 3.88. The third-order valence-corrected chi connectivity index (χ3v) is 1.44. The van der Waals surface area contributed by atoms with Crippen LogP contribution in [0.25, 0.3) is 0 Å². The summed E-state index contributed by atoms with van der Waals surface area (Å²) in [6, 6.07) is 0. The van der Waals surface area contributed by atoms with Gasteiger partial charge in [-0.25, -0.2) is 0 Å². The largest absolute Gasteiger partial charge is 0.344 e. The summed E-state index contributed by atoms with van der Waals surface area (Å²) in [4.78, 5) is 0. The van der Waals surface area contributed by atoms with E-state index in [-0.39, 0.29) is 6.15 Å². The molecule has 0 aromatic rings. The Morgan fingerprint density at radius 1 is 1.30 bits per heavy atom. The quantitative estimate of drug-likeness (QED) is 0.463. The molecule has 3 N–H and O–H groups in total. The summed E-state index contributed by atoms with van der Waals surface area (Å²) >= 11 is 0. The Morgan fingerprint density at radius 2 is 1.90 bits per heavy atom. The van der Waals surface area contributed by atoms with Crippen molar-refractivity contribution in [2.75, 3.05) is 0 Å². The van der Waals surface area contributed by atoms with Gasteiger partial charge in [0.25, 0.3) is 0 Å². The molecule has 0 aromatic heterocycles. The average molecular weight is 143 g/mol. The SMILES string of the molecule is C=CCCCCC(C)C.N. The topological polar surface area (TPSA) is 35.0 Å². The lowest BCUT2D eigenvalue weighted by atomic mass is 10.1. The first-order valence-electron chi connectivity index (χ1n) is 3.88. The van der Waals surface area contributed by atoms with Crippen molar-refractivity contribution in [3.05, 3.63) is 12.7 Å². The Labute approximate surface area is 65.1 Å². The van der Waals surface area contributed by atoms with Crippen LogP contribution in [0.15, 0.2) is 12.7 Å². The minimum absolute atomic E-state index is 0. The molecule has 10 heavy (non-hydrogen) atoms. The normalized spacial score (nSPS) is 9.10. The van der Waals surface area contributed by atoms with Gasteiger partial charge in [-0.2, -0.15) is 0 Å². The first-order chi connectivity index (χ1) is 4.27. The smallest absolute Gasteiger partial charge is 0.0353 e. The molecule has 0 saturated carbocycles. The second-order valence-electron chi connectivity index (χ2n) is 2.97. The lowest BCUT2D eigenvalue weighted by Gasteiger charge is -2.01. The zero-order valence-corrected chi connectivity index (χ0v) is 7.40. The lowest BCUT2D eigenvalue weighted by Crippen LogP contribution is -1.85. The highest BCUT2D eigenvalue weighted by molar-refractivity contribution is 4.65. The molecule has 0 amide bonds. The molecule has 0 saturated heterocycles. The van der Waals surface area contributed by atoms with Gasteiger partial charge < -0.3 is 6.15 Å². The van der Waals surface area contributed by atoms with Gasteiger partial charge in [-0.3, -0.25) is 0 Å². The van der Waals surface area contributed by atoms with E-state index in [9.17, 15) is 0 Å². The van der Waals surface area contributed by atoms with Crippen molar-refractivity contribution in [3.8, 4) is 0 Å². The summed E-state index contributed by atoms with van der Waals surface area (Å²) in [6.07, 6.45) is 7.24. The van der Waals surface area contributed by atoms with Crippen molar-refractivity contribution in [2.24, 2.45) is 5.92 Å². The first kappa shape index (κ1) is 12.4. The molecule has 0 rings (SSSR count). The van der Waals surface area contributed by atoms with Gasteiger partial charge in [-0.05, 0) is 18.8 Å². The summed E-state index contributed by atoms with van der Waals surface area (Å²) in [7, 11) is 0. The van der Waals surface area contributed by atoms with Crippen LogP contribution in [0.1, 0.15) is 39.5 Å². The summed E-state index contributed by atoms with van der Waals surface area (Å²) in [5, 5.41) is 0. The molecular weight excluding hydrogens is 122 g/mol. The molecular formula is C9H21N. The van der Waals surface area contributed by atoms with Gasteiger partial charge in [-0.1, -0.05) is 32.8 Å². The maximum Gasteiger partial charge on any atom is -0.0353 e. The summed E-state index contributed by atoms with van der Waals surface area (Å²) in [5.41, 5.74) is 0. The lowest BCUT2D eigenvalue weighted by molar-refractivity contribution is 0.540. The third-order valence-electron chi connectivity index (χ3n) is 1.44. The van der Waals surface area contributed by atoms with Gasteiger partial charge in [-0.15, -0.1) is 6.58 Å². The number of hydrogen-bond acceptors (Lipinski definition) is 1. The molecule has 0 bridgehead atoms. The zero-order chi connectivity index (χ0) is 7.11. The van der Waals surface area contributed by atoms with E-state index in [0.29, 0.717) is 0 Å². The molecule has 0 unspecified atom stereocenters. The number of hydrogen-bond donors (Lipinski definition) is 1. The van der Waals surface area contributed by atoms with E-state index in [4.69, 9.17) is 0 Å². The summed E-state index contributed by atoms with van der Waals surface area (Å²) < 4.78 is 0. The minimum Gasteiger partial charge on any atom is -0.344 e.